The second-order valence-electron chi connectivity index (χ2n) is 6.26. The van der Waals surface area contributed by atoms with Crippen molar-refractivity contribution in [3.05, 3.63) is 29.3 Å². The van der Waals surface area contributed by atoms with Gasteiger partial charge >= 0.3 is 5.97 Å². The minimum Gasteiger partial charge on any atom is -0.479 e. The number of anilines is 1. The fourth-order valence-electron chi connectivity index (χ4n) is 2.44. The van der Waals surface area contributed by atoms with Crippen molar-refractivity contribution < 1.29 is 14.7 Å². The molecular weight excluding hydrogens is 310 g/mol. The molecule has 0 aromatic carbocycles. The number of rotatable bonds is 6. The fraction of sp³-hybridized carbons (Fsp3) is 0.500. The molecule has 0 fully saturated rings. The van der Waals surface area contributed by atoms with Crippen LogP contribution in [0.15, 0.2) is 12.4 Å². The van der Waals surface area contributed by atoms with Gasteiger partial charge in [0.2, 0.25) is 0 Å². The summed E-state index contributed by atoms with van der Waals surface area (Å²) in [5.41, 5.74) is 1.26. The van der Waals surface area contributed by atoms with E-state index in [0.29, 0.717) is 16.9 Å². The first-order valence-corrected chi connectivity index (χ1v) is 7.82. The normalized spacial score (nSPS) is 11.5. The van der Waals surface area contributed by atoms with Gasteiger partial charge in [0.25, 0.3) is 5.91 Å². The van der Waals surface area contributed by atoms with Gasteiger partial charge in [0.15, 0.2) is 5.54 Å². The third-order valence-electron chi connectivity index (χ3n) is 3.98. The molecule has 0 saturated heterocycles. The Bertz CT molecular complexity index is 773. The summed E-state index contributed by atoms with van der Waals surface area (Å²) in [5.74, 6) is -1.28. The van der Waals surface area contributed by atoms with Crippen LogP contribution in [0.1, 0.15) is 48.9 Å². The predicted octanol–water partition coefficient (Wildman–Crippen LogP) is 2.18. The van der Waals surface area contributed by atoms with Crippen molar-refractivity contribution in [2.45, 2.75) is 53.1 Å². The minimum absolute atomic E-state index is 0.278. The molecule has 0 spiro atoms. The Hall–Kier alpha value is -2.64. The van der Waals surface area contributed by atoms with E-state index in [2.05, 4.69) is 22.4 Å². The third-order valence-corrected chi connectivity index (χ3v) is 3.98. The highest BCUT2D eigenvalue weighted by Gasteiger charge is 2.30. The van der Waals surface area contributed by atoms with Crippen molar-refractivity contribution in [3.8, 4) is 0 Å². The Morgan fingerprint density at radius 2 is 2.00 bits per heavy atom. The van der Waals surface area contributed by atoms with E-state index >= 15 is 0 Å². The van der Waals surface area contributed by atoms with Crippen LogP contribution >= 0.6 is 0 Å². The predicted molar refractivity (Wildman–Crippen MR) is 89.1 cm³/mol. The molecule has 2 heterocycles. The molecule has 1 amide bonds. The quantitative estimate of drug-likeness (QED) is 0.843. The molecule has 8 heteroatoms. The maximum atomic E-state index is 12.5. The van der Waals surface area contributed by atoms with E-state index in [1.807, 2.05) is 11.6 Å². The Morgan fingerprint density at radius 3 is 2.58 bits per heavy atom. The standard InChI is InChI=1S/C16H23N5O3/c1-6-7-20-11(3)13(10(2)19-20)14(22)18-12-8-17-21(9-12)16(4,5)15(23)24/h8-9H,6-7H2,1-5H3,(H,18,22)(H,23,24). The molecule has 2 aromatic heterocycles. The van der Waals surface area contributed by atoms with Crippen LogP contribution in [0.3, 0.4) is 0 Å². The number of aryl methyl sites for hydroxylation is 2. The van der Waals surface area contributed by atoms with Crippen molar-refractivity contribution >= 4 is 17.6 Å². The second kappa shape index (κ2) is 6.46. The summed E-state index contributed by atoms with van der Waals surface area (Å²) in [6.07, 6.45) is 3.87. The van der Waals surface area contributed by atoms with Gasteiger partial charge in [-0.05, 0) is 34.1 Å². The van der Waals surface area contributed by atoms with E-state index in [1.54, 1.807) is 6.92 Å². The van der Waals surface area contributed by atoms with E-state index < -0.39 is 11.5 Å². The molecule has 0 unspecified atom stereocenters. The van der Waals surface area contributed by atoms with Gasteiger partial charge in [0, 0.05) is 18.4 Å². The Labute approximate surface area is 140 Å². The molecule has 0 radical (unpaired) electrons. The summed E-state index contributed by atoms with van der Waals surface area (Å²) < 4.78 is 3.13. The minimum atomic E-state index is -1.19. The summed E-state index contributed by atoms with van der Waals surface area (Å²) in [6, 6.07) is 0. The summed E-state index contributed by atoms with van der Waals surface area (Å²) in [7, 11) is 0. The number of hydrogen-bond donors (Lipinski definition) is 2. The molecule has 0 bridgehead atoms. The van der Waals surface area contributed by atoms with Gasteiger partial charge in [0.05, 0.1) is 23.1 Å². The molecule has 8 nitrogen and oxygen atoms in total. The van der Waals surface area contributed by atoms with E-state index in [9.17, 15) is 14.7 Å². The van der Waals surface area contributed by atoms with Crippen LogP contribution in [0.2, 0.25) is 0 Å². The smallest absolute Gasteiger partial charge is 0.331 e. The molecule has 2 N–H and O–H groups in total. The van der Waals surface area contributed by atoms with E-state index in [4.69, 9.17) is 0 Å². The lowest BCUT2D eigenvalue weighted by Gasteiger charge is -2.19. The van der Waals surface area contributed by atoms with Gasteiger partial charge < -0.3 is 10.4 Å². The molecule has 0 aliphatic heterocycles. The molecule has 130 valence electrons. The summed E-state index contributed by atoms with van der Waals surface area (Å²) in [4.78, 5) is 23.8. The summed E-state index contributed by atoms with van der Waals surface area (Å²) in [5, 5.41) is 20.4. The van der Waals surface area contributed by atoms with Gasteiger partial charge in [0.1, 0.15) is 0 Å². The average molecular weight is 333 g/mol. The summed E-state index contributed by atoms with van der Waals surface area (Å²) in [6.45, 7) is 9.54. The zero-order valence-corrected chi connectivity index (χ0v) is 14.6. The van der Waals surface area contributed by atoms with Crippen LogP contribution in [0, 0.1) is 13.8 Å². The Balaban J connectivity index is 2.23. The lowest BCUT2D eigenvalue weighted by atomic mass is 10.1. The number of carboxylic acids is 1. The number of carbonyl (C=O) groups is 2. The second-order valence-corrected chi connectivity index (χ2v) is 6.26. The highest BCUT2D eigenvalue weighted by molar-refractivity contribution is 6.05. The largest absolute Gasteiger partial charge is 0.479 e. The maximum Gasteiger partial charge on any atom is 0.331 e. The van der Waals surface area contributed by atoms with Crippen molar-refractivity contribution in [1.29, 1.82) is 0 Å². The number of hydrogen-bond acceptors (Lipinski definition) is 4. The van der Waals surface area contributed by atoms with E-state index in [0.717, 1.165) is 18.7 Å². The zero-order chi connectivity index (χ0) is 18.1. The van der Waals surface area contributed by atoms with Crippen LogP contribution in [0.5, 0.6) is 0 Å². The molecule has 24 heavy (non-hydrogen) atoms. The fourth-order valence-corrected chi connectivity index (χ4v) is 2.44. The molecule has 0 saturated carbocycles. The van der Waals surface area contributed by atoms with E-state index in [1.165, 1.54) is 30.9 Å². The van der Waals surface area contributed by atoms with Gasteiger partial charge in [-0.3, -0.25) is 14.2 Å². The zero-order valence-electron chi connectivity index (χ0n) is 14.6. The van der Waals surface area contributed by atoms with Crippen molar-refractivity contribution in [2.75, 3.05) is 5.32 Å². The van der Waals surface area contributed by atoms with E-state index in [-0.39, 0.29) is 5.91 Å². The molecule has 2 aromatic rings. The van der Waals surface area contributed by atoms with Gasteiger partial charge in [-0.25, -0.2) is 4.79 Å². The molecule has 0 aliphatic carbocycles. The molecule has 2 rings (SSSR count). The lowest BCUT2D eigenvalue weighted by Crippen LogP contribution is -2.35. The lowest BCUT2D eigenvalue weighted by molar-refractivity contribution is -0.146. The van der Waals surface area contributed by atoms with Crippen LogP contribution in [-0.2, 0) is 16.9 Å². The molecular formula is C16H23N5O3. The SMILES string of the molecule is CCCn1nc(C)c(C(=O)Nc2cnn(C(C)(C)C(=O)O)c2)c1C. The van der Waals surface area contributed by atoms with Crippen molar-refractivity contribution in [1.82, 2.24) is 19.6 Å². The average Bonchev–Trinajstić information content (AvgIpc) is 3.05. The number of nitrogens with one attached hydrogen (secondary N) is 1. The Kier molecular flexibility index (Phi) is 4.77. The monoisotopic (exact) mass is 333 g/mol. The number of nitrogens with zero attached hydrogens (tertiary/aromatic N) is 4. The Morgan fingerprint density at radius 1 is 1.33 bits per heavy atom. The van der Waals surface area contributed by atoms with Crippen LogP contribution < -0.4 is 5.32 Å². The number of carboxylic acid groups (broad SMARTS) is 1. The number of carbonyl (C=O) groups excluding carboxylic acids is 1. The third kappa shape index (κ3) is 3.17. The van der Waals surface area contributed by atoms with Gasteiger partial charge in [-0.1, -0.05) is 6.92 Å². The van der Waals surface area contributed by atoms with Gasteiger partial charge in [-0.2, -0.15) is 10.2 Å². The maximum absolute atomic E-state index is 12.5. The van der Waals surface area contributed by atoms with Crippen LogP contribution in [0.4, 0.5) is 5.69 Å². The summed E-state index contributed by atoms with van der Waals surface area (Å²) >= 11 is 0. The topological polar surface area (TPSA) is 102 Å². The number of aromatic nitrogens is 4. The molecule has 0 aliphatic rings. The highest BCUT2D eigenvalue weighted by atomic mass is 16.4. The highest BCUT2D eigenvalue weighted by Crippen LogP contribution is 2.19. The number of amides is 1. The van der Waals surface area contributed by atoms with Crippen molar-refractivity contribution in [3.63, 3.8) is 0 Å². The molecule has 0 atom stereocenters. The van der Waals surface area contributed by atoms with Gasteiger partial charge in [-0.15, -0.1) is 0 Å². The van der Waals surface area contributed by atoms with Crippen molar-refractivity contribution in [2.24, 2.45) is 0 Å². The first kappa shape index (κ1) is 17.7. The first-order valence-electron chi connectivity index (χ1n) is 7.82. The number of aliphatic carboxylic acids is 1. The first-order chi connectivity index (χ1) is 11.2. The van der Waals surface area contributed by atoms with Crippen LogP contribution in [-0.4, -0.2) is 36.5 Å². The van der Waals surface area contributed by atoms with Crippen LogP contribution in [0.25, 0.3) is 0 Å².